The Bertz CT molecular complexity index is 1180. The van der Waals surface area contributed by atoms with Crippen molar-refractivity contribution in [2.75, 3.05) is 11.4 Å². The topological polar surface area (TPSA) is 110 Å². The van der Waals surface area contributed by atoms with Crippen LogP contribution in [0.3, 0.4) is 0 Å². The number of hydrogen-bond acceptors (Lipinski definition) is 6. The van der Waals surface area contributed by atoms with E-state index in [4.69, 9.17) is 0 Å². The van der Waals surface area contributed by atoms with Gasteiger partial charge >= 0.3 is 0 Å². The highest BCUT2D eigenvalue weighted by Gasteiger charge is 2.43. The summed E-state index contributed by atoms with van der Waals surface area (Å²) in [6.07, 6.45) is 11.1. The fraction of sp³-hybridized carbons (Fsp3) is 0.500. The van der Waals surface area contributed by atoms with E-state index in [1.807, 2.05) is 6.19 Å². The van der Waals surface area contributed by atoms with E-state index in [2.05, 4.69) is 10.3 Å². The lowest BCUT2D eigenvalue weighted by Crippen LogP contribution is -2.51. The van der Waals surface area contributed by atoms with Crippen LogP contribution in [0.25, 0.3) is 0 Å². The molecule has 0 spiro atoms. The van der Waals surface area contributed by atoms with Crippen LogP contribution in [0.15, 0.2) is 42.7 Å². The van der Waals surface area contributed by atoms with Gasteiger partial charge in [0.25, 0.3) is 5.91 Å². The van der Waals surface area contributed by atoms with E-state index in [9.17, 15) is 20.0 Å². The lowest BCUT2D eigenvalue weighted by Gasteiger charge is -2.35. The minimum absolute atomic E-state index is 0.00439. The maximum absolute atomic E-state index is 15.2. The van der Waals surface area contributed by atoms with Crippen LogP contribution in [0.1, 0.15) is 74.5 Å². The molecule has 8 nitrogen and oxygen atoms in total. The summed E-state index contributed by atoms with van der Waals surface area (Å²) in [6.45, 7) is 0.0293. The van der Waals surface area contributed by atoms with Crippen molar-refractivity contribution in [3.63, 3.8) is 0 Å². The molecule has 194 valence electrons. The number of nitriles is 1. The normalized spacial score (nSPS) is 22.8. The fourth-order valence-corrected chi connectivity index (χ4v) is 5.60. The molecule has 0 bridgehead atoms. The van der Waals surface area contributed by atoms with Crippen LogP contribution in [-0.2, 0) is 9.59 Å². The summed E-state index contributed by atoms with van der Waals surface area (Å²) in [5.74, 6) is -1.15. The molecule has 3 aliphatic rings. The van der Waals surface area contributed by atoms with Gasteiger partial charge in [0.2, 0.25) is 5.91 Å². The van der Waals surface area contributed by atoms with Crippen LogP contribution in [0, 0.1) is 17.3 Å². The van der Waals surface area contributed by atoms with Gasteiger partial charge in [0.1, 0.15) is 17.9 Å². The first-order chi connectivity index (χ1) is 18.0. The number of likely N-dealkylation sites (tertiary alicyclic amines) is 1. The van der Waals surface area contributed by atoms with Gasteiger partial charge in [-0.05, 0) is 55.4 Å². The highest BCUT2D eigenvalue weighted by Crippen LogP contribution is 2.42. The van der Waals surface area contributed by atoms with Crippen LogP contribution >= 0.6 is 0 Å². The molecule has 5 rings (SSSR count). The molecule has 1 aromatic carbocycles. The first-order valence-electron chi connectivity index (χ1n) is 13.1. The highest BCUT2D eigenvalue weighted by atomic mass is 19.1. The number of carbonyl (C=O) groups excluding carboxylic acids is 2. The Hall–Kier alpha value is -3.51. The number of halogens is 1. The van der Waals surface area contributed by atoms with Gasteiger partial charge in [-0.2, -0.15) is 5.26 Å². The largest absolute Gasteiger partial charge is 0.391 e. The van der Waals surface area contributed by atoms with Crippen molar-refractivity contribution in [3.8, 4) is 6.19 Å². The molecule has 37 heavy (non-hydrogen) atoms. The number of nitrogens with zero attached hydrogens (tertiary/aromatic N) is 4. The monoisotopic (exact) mass is 505 g/mol. The molecule has 9 heteroatoms. The Morgan fingerprint density at radius 3 is 2.62 bits per heavy atom. The Morgan fingerprint density at radius 1 is 1.19 bits per heavy atom. The van der Waals surface area contributed by atoms with Gasteiger partial charge in [-0.1, -0.05) is 31.4 Å². The molecule has 3 fully saturated rings. The molecule has 2 heterocycles. The van der Waals surface area contributed by atoms with Crippen molar-refractivity contribution >= 4 is 17.5 Å². The summed E-state index contributed by atoms with van der Waals surface area (Å²) in [5, 5.41) is 23.0. The smallest absolute Gasteiger partial charge is 0.251 e. The second kappa shape index (κ2) is 10.9. The minimum Gasteiger partial charge on any atom is -0.391 e. The minimum atomic E-state index is -1.12. The quantitative estimate of drug-likeness (QED) is 0.557. The summed E-state index contributed by atoms with van der Waals surface area (Å²) >= 11 is 0. The third kappa shape index (κ3) is 5.44. The molecular formula is C28H32FN5O3. The second-order valence-corrected chi connectivity index (χ2v) is 10.4. The molecule has 1 aromatic heterocycles. The number of aromatic nitrogens is 1. The van der Waals surface area contributed by atoms with Crippen molar-refractivity contribution in [3.05, 3.63) is 59.7 Å². The number of β-amino-alcohol motifs (C(OH)–C–C–N with tert-alkyl or cyclic N) is 1. The van der Waals surface area contributed by atoms with Crippen LogP contribution < -0.4 is 10.2 Å². The molecule has 2 aliphatic carbocycles. The Kier molecular flexibility index (Phi) is 7.38. The molecule has 0 radical (unpaired) electrons. The summed E-state index contributed by atoms with van der Waals surface area (Å²) in [6, 6.07) is 6.00. The lowest BCUT2D eigenvalue weighted by atomic mass is 9.94. The van der Waals surface area contributed by atoms with Gasteiger partial charge in [-0.25, -0.2) is 4.39 Å². The van der Waals surface area contributed by atoms with E-state index < -0.39 is 29.9 Å². The van der Waals surface area contributed by atoms with Gasteiger partial charge in [-0.3, -0.25) is 24.4 Å². The average molecular weight is 506 g/mol. The molecule has 1 saturated heterocycles. The lowest BCUT2D eigenvalue weighted by molar-refractivity contribution is -0.128. The zero-order chi connectivity index (χ0) is 25.9. The van der Waals surface area contributed by atoms with Crippen molar-refractivity contribution in [2.45, 2.75) is 81.5 Å². The van der Waals surface area contributed by atoms with Crippen LogP contribution in [0.4, 0.5) is 10.1 Å². The Labute approximate surface area is 216 Å². The van der Waals surface area contributed by atoms with Crippen LogP contribution in [0.5, 0.6) is 0 Å². The van der Waals surface area contributed by atoms with Crippen molar-refractivity contribution in [2.24, 2.45) is 0 Å². The SMILES string of the molecule is N#CN1CC(O)CC1C(=O)N(c1ccc(C2CC2)c(F)c1)C(C(=O)NC1CCCCC1)c1cccnc1. The van der Waals surface area contributed by atoms with E-state index in [1.165, 1.54) is 22.1 Å². The number of carbonyl (C=O) groups is 2. The van der Waals surface area contributed by atoms with Gasteiger partial charge in [0, 0.05) is 36.1 Å². The van der Waals surface area contributed by atoms with E-state index in [1.54, 1.807) is 30.5 Å². The number of anilines is 1. The third-order valence-corrected chi connectivity index (χ3v) is 7.67. The average Bonchev–Trinajstić information content (AvgIpc) is 3.68. The standard InChI is InChI=1S/C28H32FN5O3/c29-24-13-21(10-11-23(24)18-8-9-18)34(28(37)25-14-22(35)16-33(25)17-30)26(19-5-4-12-31-15-19)27(36)32-20-6-2-1-3-7-20/h4-5,10-13,15,18,20,22,25-26,35H,1-3,6-9,14,16H2,(H,32,36). The number of hydrogen-bond donors (Lipinski definition) is 2. The number of benzene rings is 1. The molecule has 2 saturated carbocycles. The van der Waals surface area contributed by atoms with Crippen LogP contribution in [-0.4, -0.2) is 51.5 Å². The molecule has 3 unspecified atom stereocenters. The first-order valence-corrected chi connectivity index (χ1v) is 13.1. The predicted molar refractivity (Wildman–Crippen MR) is 135 cm³/mol. The zero-order valence-corrected chi connectivity index (χ0v) is 20.7. The van der Waals surface area contributed by atoms with Gasteiger partial charge in [0.05, 0.1) is 12.6 Å². The summed E-state index contributed by atoms with van der Waals surface area (Å²) < 4.78 is 15.2. The molecule has 2 N–H and O–H groups in total. The van der Waals surface area contributed by atoms with Crippen LogP contribution in [0.2, 0.25) is 0 Å². The molecule has 2 aromatic rings. The Balaban J connectivity index is 1.57. The Morgan fingerprint density at radius 2 is 1.97 bits per heavy atom. The summed E-state index contributed by atoms with van der Waals surface area (Å²) in [7, 11) is 0. The molecular weight excluding hydrogens is 473 g/mol. The number of aliphatic hydroxyl groups excluding tert-OH is 1. The van der Waals surface area contributed by atoms with E-state index in [0.717, 1.165) is 44.9 Å². The highest BCUT2D eigenvalue weighted by molar-refractivity contribution is 6.04. The molecule has 3 atom stereocenters. The zero-order valence-electron chi connectivity index (χ0n) is 20.7. The van der Waals surface area contributed by atoms with Crippen molar-refractivity contribution in [1.82, 2.24) is 15.2 Å². The van der Waals surface area contributed by atoms with Crippen molar-refractivity contribution in [1.29, 1.82) is 5.26 Å². The second-order valence-electron chi connectivity index (χ2n) is 10.4. The summed E-state index contributed by atoms with van der Waals surface area (Å²) in [5.41, 5.74) is 1.33. The maximum Gasteiger partial charge on any atom is 0.251 e. The number of aliphatic hydroxyl groups is 1. The number of nitrogens with one attached hydrogen (secondary N) is 1. The number of pyridine rings is 1. The molecule has 2 amide bonds. The van der Waals surface area contributed by atoms with E-state index >= 15 is 4.39 Å². The predicted octanol–water partition coefficient (Wildman–Crippen LogP) is 3.54. The van der Waals surface area contributed by atoms with E-state index in [0.29, 0.717) is 11.1 Å². The number of amides is 2. The van der Waals surface area contributed by atoms with E-state index in [-0.39, 0.29) is 36.5 Å². The molecule has 1 aliphatic heterocycles. The van der Waals surface area contributed by atoms with Gasteiger partial charge < -0.3 is 10.4 Å². The van der Waals surface area contributed by atoms with Crippen molar-refractivity contribution < 1.29 is 19.1 Å². The first kappa shape index (κ1) is 25.2. The van der Waals surface area contributed by atoms with Gasteiger partial charge in [0.15, 0.2) is 6.19 Å². The maximum atomic E-state index is 15.2. The fourth-order valence-electron chi connectivity index (χ4n) is 5.60. The number of rotatable bonds is 7. The summed E-state index contributed by atoms with van der Waals surface area (Å²) in [4.78, 5) is 34.7. The van der Waals surface area contributed by atoms with Gasteiger partial charge in [-0.15, -0.1) is 0 Å². The third-order valence-electron chi connectivity index (χ3n) is 7.67.